The standard InChI is InChI=1S/C17H21NO2S/c1-6-20-16(19)17(4,5)14-10-21-15(18-14)13-8-11(2)7-12(3)9-13/h7-10H,6H2,1-5H3. The van der Waals surface area contributed by atoms with Crippen LogP contribution in [0.5, 0.6) is 0 Å². The van der Waals surface area contributed by atoms with Gasteiger partial charge >= 0.3 is 5.97 Å². The van der Waals surface area contributed by atoms with E-state index in [9.17, 15) is 4.79 Å². The van der Waals surface area contributed by atoms with Crippen LogP contribution in [0.4, 0.5) is 0 Å². The summed E-state index contributed by atoms with van der Waals surface area (Å²) in [7, 11) is 0. The van der Waals surface area contributed by atoms with Crippen molar-refractivity contribution >= 4 is 17.3 Å². The minimum absolute atomic E-state index is 0.234. The fourth-order valence-electron chi connectivity index (χ4n) is 2.21. The zero-order valence-electron chi connectivity index (χ0n) is 13.2. The van der Waals surface area contributed by atoms with Crippen LogP contribution in [0.3, 0.4) is 0 Å². The average Bonchev–Trinajstić information content (AvgIpc) is 2.88. The Balaban J connectivity index is 2.35. The molecule has 0 saturated heterocycles. The number of rotatable bonds is 4. The topological polar surface area (TPSA) is 39.2 Å². The van der Waals surface area contributed by atoms with Gasteiger partial charge in [0.15, 0.2) is 0 Å². The van der Waals surface area contributed by atoms with E-state index in [0.717, 1.165) is 16.3 Å². The largest absolute Gasteiger partial charge is 0.465 e. The van der Waals surface area contributed by atoms with E-state index in [0.29, 0.717) is 6.61 Å². The van der Waals surface area contributed by atoms with Crippen molar-refractivity contribution in [1.82, 2.24) is 4.98 Å². The van der Waals surface area contributed by atoms with E-state index in [4.69, 9.17) is 4.74 Å². The van der Waals surface area contributed by atoms with Crippen molar-refractivity contribution in [2.45, 2.75) is 40.0 Å². The lowest BCUT2D eigenvalue weighted by molar-refractivity contribution is -0.148. The van der Waals surface area contributed by atoms with Gasteiger partial charge in [0.2, 0.25) is 0 Å². The van der Waals surface area contributed by atoms with E-state index in [1.807, 2.05) is 26.2 Å². The van der Waals surface area contributed by atoms with Gasteiger partial charge in [-0.05, 0) is 46.8 Å². The van der Waals surface area contributed by atoms with Crippen LogP contribution >= 0.6 is 11.3 Å². The molecule has 0 radical (unpaired) electrons. The predicted molar refractivity (Wildman–Crippen MR) is 86.7 cm³/mol. The first-order valence-corrected chi connectivity index (χ1v) is 7.94. The predicted octanol–water partition coefficient (Wildman–Crippen LogP) is 4.27. The Morgan fingerprint density at radius 1 is 1.24 bits per heavy atom. The molecule has 0 saturated carbocycles. The van der Waals surface area contributed by atoms with Crippen molar-refractivity contribution < 1.29 is 9.53 Å². The first-order chi connectivity index (χ1) is 9.84. The van der Waals surface area contributed by atoms with Crippen LogP contribution in [0.2, 0.25) is 0 Å². The minimum Gasteiger partial charge on any atom is -0.465 e. The number of carbonyl (C=O) groups excluding carboxylic acids is 1. The fraction of sp³-hybridized carbons (Fsp3) is 0.412. The average molecular weight is 303 g/mol. The maximum absolute atomic E-state index is 12.1. The summed E-state index contributed by atoms with van der Waals surface area (Å²) in [4.78, 5) is 16.7. The van der Waals surface area contributed by atoms with Gasteiger partial charge in [0.05, 0.1) is 12.3 Å². The van der Waals surface area contributed by atoms with E-state index in [1.54, 1.807) is 11.3 Å². The van der Waals surface area contributed by atoms with Crippen LogP contribution in [-0.4, -0.2) is 17.6 Å². The molecule has 4 heteroatoms. The van der Waals surface area contributed by atoms with Crippen molar-refractivity contribution in [3.63, 3.8) is 0 Å². The molecule has 0 unspecified atom stereocenters. The highest BCUT2D eigenvalue weighted by atomic mass is 32.1. The van der Waals surface area contributed by atoms with Crippen molar-refractivity contribution in [3.8, 4) is 10.6 Å². The highest BCUT2D eigenvalue weighted by Gasteiger charge is 2.34. The molecule has 0 N–H and O–H groups in total. The van der Waals surface area contributed by atoms with Gasteiger partial charge in [0.25, 0.3) is 0 Å². The lowest BCUT2D eigenvalue weighted by atomic mass is 9.90. The summed E-state index contributed by atoms with van der Waals surface area (Å²) in [5.41, 5.74) is 3.57. The molecule has 1 heterocycles. The van der Waals surface area contributed by atoms with Crippen LogP contribution < -0.4 is 0 Å². The zero-order valence-corrected chi connectivity index (χ0v) is 14.0. The van der Waals surface area contributed by atoms with Crippen LogP contribution in [0.15, 0.2) is 23.6 Å². The number of carbonyl (C=O) groups is 1. The number of hydrogen-bond acceptors (Lipinski definition) is 4. The molecule has 0 atom stereocenters. The van der Waals surface area contributed by atoms with E-state index >= 15 is 0 Å². The number of aromatic nitrogens is 1. The molecule has 2 aromatic rings. The second-order valence-electron chi connectivity index (χ2n) is 5.76. The Labute approximate surface area is 130 Å². The Bertz CT molecular complexity index is 638. The van der Waals surface area contributed by atoms with Gasteiger partial charge in [-0.1, -0.05) is 17.2 Å². The molecule has 3 nitrogen and oxygen atoms in total. The Morgan fingerprint density at radius 3 is 2.43 bits per heavy atom. The normalized spacial score (nSPS) is 11.5. The molecular weight excluding hydrogens is 282 g/mol. The highest BCUT2D eigenvalue weighted by molar-refractivity contribution is 7.13. The first-order valence-electron chi connectivity index (χ1n) is 7.06. The van der Waals surface area contributed by atoms with Crippen molar-refractivity contribution in [1.29, 1.82) is 0 Å². The SMILES string of the molecule is CCOC(=O)C(C)(C)c1csc(-c2cc(C)cc(C)c2)n1. The summed E-state index contributed by atoms with van der Waals surface area (Å²) < 4.78 is 5.14. The minimum atomic E-state index is -0.719. The summed E-state index contributed by atoms with van der Waals surface area (Å²) in [5.74, 6) is -0.234. The fourth-order valence-corrected chi connectivity index (χ4v) is 3.18. The maximum atomic E-state index is 12.1. The Morgan fingerprint density at radius 2 is 1.86 bits per heavy atom. The molecule has 0 amide bonds. The number of thiazole rings is 1. The number of aryl methyl sites for hydroxylation is 2. The molecule has 2 rings (SSSR count). The molecule has 0 aliphatic carbocycles. The summed E-state index contributed by atoms with van der Waals surface area (Å²) >= 11 is 1.56. The number of ether oxygens (including phenoxy) is 1. The van der Waals surface area contributed by atoms with E-state index in [2.05, 4.69) is 37.0 Å². The van der Waals surface area contributed by atoms with Gasteiger partial charge < -0.3 is 4.74 Å². The monoisotopic (exact) mass is 303 g/mol. The summed E-state index contributed by atoms with van der Waals surface area (Å²) in [6, 6.07) is 6.38. The van der Waals surface area contributed by atoms with Crippen LogP contribution in [0, 0.1) is 13.8 Å². The molecule has 1 aromatic carbocycles. The quantitative estimate of drug-likeness (QED) is 0.792. The lowest BCUT2D eigenvalue weighted by Gasteiger charge is -2.19. The van der Waals surface area contributed by atoms with Crippen LogP contribution in [0.25, 0.3) is 10.6 Å². The molecule has 21 heavy (non-hydrogen) atoms. The van der Waals surface area contributed by atoms with Crippen LogP contribution in [-0.2, 0) is 14.9 Å². The van der Waals surface area contributed by atoms with E-state index < -0.39 is 5.41 Å². The van der Waals surface area contributed by atoms with E-state index in [-0.39, 0.29) is 5.97 Å². The smallest absolute Gasteiger partial charge is 0.317 e. The first kappa shape index (κ1) is 15.7. The highest BCUT2D eigenvalue weighted by Crippen LogP contribution is 2.31. The third kappa shape index (κ3) is 3.32. The number of benzene rings is 1. The van der Waals surface area contributed by atoms with Gasteiger partial charge in [-0.15, -0.1) is 11.3 Å². The third-order valence-corrected chi connectivity index (χ3v) is 4.29. The van der Waals surface area contributed by atoms with Gasteiger partial charge in [-0.2, -0.15) is 0 Å². The number of hydrogen-bond donors (Lipinski definition) is 0. The number of esters is 1. The molecule has 0 spiro atoms. The van der Waals surface area contributed by atoms with Crippen molar-refractivity contribution in [2.75, 3.05) is 6.61 Å². The molecule has 0 aliphatic heterocycles. The summed E-state index contributed by atoms with van der Waals surface area (Å²) in [5, 5.41) is 2.89. The second kappa shape index (κ2) is 5.98. The molecule has 112 valence electrons. The maximum Gasteiger partial charge on any atom is 0.317 e. The lowest BCUT2D eigenvalue weighted by Crippen LogP contribution is -2.31. The van der Waals surface area contributed by atoms with Gasteiger partial charge in [0.1, 0.15) is 10.4 Å². The Kier molecular flexibility index (Phi) is 4.47. The molecule has 0 aliphatic rings. The second-order valence-corrected chi connectivity index (χ2v) is 6.62. The third-order valence-electron chi connectivity index (χ3n) is 3.40. The van der Waals surface area contributed by atoms with Crippen LogP contribution in [0.1, 0.15) is 37.6 Å². The molecule has 0 fully saturated rings. The molecule has 1 aromatic heterocycles. The summed E-state index contributed by atoms with van der Waals surface area (Å²) in [6.45, 7) is 10.1. The number of nitrogens with zero attached hydrogens (tertiary/aromatic N) is 1. The van der Waals surface area contributed by atoms with E-state index in [1.165, 1.54) is 11.1 Å². The Hall–Kier alpha value is -1.68. The van der Waals surface area contributed by atoms with Crippen molar-refractivity contribution in [2.24, 2.45) is 0 Å². The van der Waals surface area contributed by atoms with Crippen molar-refractivity contribution in [3.05, 3.63) is 40.4 Å². The summed E-state index contributed by atoms with van der Waals surface area (Å²) in [6.07, 6.45) is 0. The van der Waals surface area contributed by atoms with Gasteiger partial charge in [-0.25, -0.2) is 4.98 Å². The van der Waals surface area contributed by atoms with Gasteiger partial charge in [0, 0.05) is 10.9 Å². The zero-order chi connectivity index (χ0) is 15.6. The van der Waals surface area contributed by atoms with Gasteiger partial charge in [-0.3, -0.25) is 4.79 Å². The molecule has 0 bridgehead atoms. The molecular formula is C17H21NO2S.